The van der Waals surface area contributed by atoms with Crippen LogP contribution in [0.5, 0.6) is 5.75 Å². The van der Waals surface area contributed by atoms with Gasteiger partial charge in [-0.3, -0.25) is 4.21 Å². The normalized spacial score (nSPS) is 11.9. The Morgan fingerprint density at radius 2 is 2.29 bits per heavy atom. The molecule has 6 nitrogen and oxygen atoms in total. The molecule has 7 heteroatoms. The molecule has 1 atom stereocenters. The van der Waals surface area contributed by atoms with Crippen molar-refractivity contribution in [2.75, 3.05) is 6.61 Å². The number of phenolic OH excluding ortho intramolecular Hbond substituents is 1. The fourth-order valence-electron chi connectivity index (χ4n) is 1.22. The maximum absolute atomic E-state index is 11.0. The molecule has 0 saturated heterocycles. The lowest BCUT2D eigenvalue weighted by Crippen LogP contribution is -2.24. The maximum Gasteiger partial charge on any atom is 0.407 e. The van der Waals surface area contributed by atoms with Gasteiger partial charge in [0.15, 0.2) is 0 Å². The molecule has 1 aromatic carbocycles. The monoisotopic (exact) mass is 258 g/mol. The third kappa shape index (κ3) is 4.04. The number of aromatic hydroxyl groups is 1. The molecule has 0 heterocycles. The van der Waals surface area contributed by atoms with Gasteiger partial charge in [-0.1, -0.05) is 0 Å². The van der Waals surface area contributed by atoms with Crippen LogP contribution in [0, 0.1) is 0 Å². The van der Waals surface area contributed by atoms with Crippen molar-refractivity contribution in [2.24, 2.45) is 0 Å². The maximum atomic E-state index is 11.0. The highest BCUT2D eigenvalue weighted by Gasteiger charge is 2.07. The first-order valence-electron chi connectivity index (χ1n) is 4.86. The quantitative estimate of drug-likeness (QED) is 0.781. The SMILES string of the molecule is CCOC(=O)NCc1cc(O)ccc1S(=O)[O-]. The average Bonchev–Trinajstić information content (AvgIpc) is 2.26. The van der Waals surface area contributed by atoms with Gasteiger partial charge >= 0.3 is 6.09 Å². The molecule has 94 valence electrons. The van der Waals surface area contributed by atoms with E-state index in [4.69, 9.17) is 0 Å². The van der Waals surface area contributed by atoms with Crippen LogP contribution in [0.2, 0.25) is 0 Å². The molecule has 0 radical (unpaired) electrons. The van der Waals surface area contributed by atoms with Gasteiger partial charge in [0.1, 0.15) is 5.75 Å². The molecular weight excluding hydrogens is 246 g/mol. The largest absolute Gasteiger partial charge is 0.768 e. The first kappa shape index (κ1) is 13.5. The van der Waals surface area contributed by atoms with Crippen molar-refractivity contribution in [1.29, 1.82) is 0 Å². The summed E-state index contributed by atoms with van der Waals surface area (Å²) in [6.45, 7) is 1.86. The third-order valence-corrected chi connectivity index (χ3v) is 2.68. The summed E-state index contributed by atoms with van der Waals surface area (Å²) >= 11 is -2.42. The lowest BCUT2D eigenvalue weighted by atomic mass is 10.2. The highest BCUT2D eigenvalue weighted by atomic mass is 32.2. The number of rotatable bonds is 4. The molecular formula is C10H12NO5S-. The summed E-state index contributed by atoms with van der Waals surface area (Å²) in [6, 6.07) is 3.80. The van der Waals surface area contributed by atoms with Gasteiger partial charge in [0.25, 0.3) is 0 Å². The Morgan fingerprint density at radius 3 is 2.88 bits per heavy atom. The Labute approximate surface area is 101 Å². The smallest absolute Gasteiger partial charge is 0.407 e. The Morgan fingerprint density at radius 1 is 1.59 bits per heavy atom. The van der Waals surface area contributed by atoms with Crippen molar-refractivity contribution in [3.63, 3.8) is 0 Å². The van der Waals surface area contributed by atoms with E-state index in [1.807, 2.05) is 0 Å². The number of ether oxygens (including phenoxy) is 1. The molecule has 0 aliphatic carbocycles. The summed E-state index contributed by atoms with van der Waals surface area (Å²) < 4.78 is 26.4. The van der Waals surface area contributed by atoms with Gasteiger partial charge in [0, 0.05) is 11.4 Å². The molecule has 1 amide bonds. The minimum atomic E-state index is -2.42. The second-order valence-corrected chi connectivity index (χ2v) is 4.01. The minimum Gasteiger partial charge on any atom is -0.768 e. The second-order valence-electron chi connectivity index (χ2n) is 3.10. The first-order valence-corrected chi connectivity index (χ1v) is 5.94. The lowest BCUT2D eigenvalue weighted by molar-refractivity contribution is 0.151. The molecule has 0 bridgehead atoms. The predicted octanol–water partition coefficient (Wildman–Crippen LogP) is 0.876. The molecule has 0 saturated carbocycles. The van der Waals surface area contributed by atoms with Gasteiger partial charge in [0.2, 0.25) is 0 Å². The Bertz CT molecular complexity index is 435. The van der Waals surface area contributed by atoms with Crippen LogP contribution in [0.25, 0.3) is 0 Å². The standard InChI is InChI=1S/C10H13NO5S/c1-2-16-10(13)11-6-7-5-8(12)3-4-9(7)17(14)15/h3-5,12H,2,6H2,1H3,(H,11,13)(H,14,15)/p-1. The summed E-state index contributed by atoms with van der Waals surface area (Å²) in [6.07, 6.45) is -0.640. The van der Waals surface area contributed by atoms with Crippen molar-refractivity contribution >= 4 is 17.2 Å². The van der Waals surface area contributed by atoms with Crippen molar-refractivity contribution < 1.29 is 23.4 Å². The van der Waals surface area contributed by atoms with Crippen LogP contribution >= 0.6 is 0 Å². The van der Waals surface area contributed by atoms with E-state index < -0.39 is 17.2 Å². The van der Waals surface area contributed by atoms with Crippen molar-refractivity contribution in [2.45, 2.75) is 18.4 Å². The van der Waals surface area contributed by atoms with Crippen molar-refractivity contribution in [3.05, 3.63) is 23.8 Å². The number of hydrogen-bond donors (Lipinski definition) is 2. The fraction of sp³-hybridized carbons (Fsp3) is 0.300. The Hall–Kier alpha value is -1.60. The number of carbonyl (C=O) groups is 1. The Kier molecular flexibility index (Phi) is 4.92. The van der Waals surface area contributed by atoms with E-state index in [2.05, 4.69) is 10.1 Å². The molecule has 0 aliphatic rings. The number of amides is 1. The zero-order valence-electron chi connectivity index (χ0n) is 9.13. The predicted molar refractivity (Wildman–Crippen MR) is 59.2 cm³/mol. The highest BCUT2D eigenvalue weighted by Crippen LogP contribution is 2.18. The van der Waals surface area contributed by atoms with Gasteiger partial charge in [-0.25, -0.2) is 4.79 Å². The van der Waals surface area contributed by atoms with E-state index >= 15 is 0 Å². The van der Waals surface area contributed by atoms with Crippen LogP contribution in [0.15, 0.2) is 23.1 Å². The number of alkyl carbamates (subject to hydrolysis) is 1. The van der Waals surface area contributed by atoms with Crippen LogP contribution in [0.1, 0.15) is 12.5 Å². The average molecular weight is 258 g/mol. The van der Waals surface area contributed by atoms with Crippen molar-refractivity contribution in [1.82, 2.24) is 5.32 Å². The van der Waals surface area contributed by atoms with Crippen molar-refractivity contribution in [3.8, 4) is 5.75 Å². The first-order chi connectivity index (χ1) is 8.04. The van der Waals surface area contributed by atoms with E-state index in [9.17, 15) is 18.7 Å². The van der Waals surface area contributed by atoms with E-state index in [1.165, 1.54) is 18.2 Å². The molecule has 1 aromatic rings. The summed E-state index contributed by atoms with van der Waals surface area (Å²) in [4.78, 5) is 11.1. The lowest BCUT2D eigenvalue weighted by Gasteiger charge is -2.12. The third-order valence-electron chi connectivity index (χ3n) is 1.92. The van der Waals surface area contributed by atoms with Crippen LogP contribution < -0.4 is 5.32 Å². The summed E-state index contributed by atoms with van der Waals surface area (Å²) in [5.74, 6) is -0.0696. The minimum absolute atomic E-state index is 0.0274. The molecule has 1 rings (SSSR count). The molecule has 0 spiro atoms. The van der Waals surface area contributed by atoms with Gasteiger partial charge in [-0.2, -0.15) is 0 Å². The van der Waals surface area contributed by atoms with Gasteiger partial charge in [0.05, 0.1) is 6.61 Å². The number of phenols is 1. The molecule has 0 aliphatic heterocycles. The number of benzene rings is 1. The summed E-state index contributed by atoms with van der Waals surface area (Å²) in [5, 5.41) is 11.6. The van der Waals surface area contributed by atoms with E-state index in [0.29, 0.717) is 5.56 Å². The molecule has 0 aromatic heterocycles. The van der Waals surface area contributed by atoms with Gasteiger partial charge in [-0.05, 0) is 41.8 Å². The van der Waals surface area contributed by atoms with E-state index in [0.717, 1.165) is 0 Å². The fourth-order valence-corrected chi connectivity index (χ4v) is 1.74. The molecule has 0 fully saturated rings. The molecule has 1 unspecified atom stereocenters. The van der Waals surface area contributed by atoms with Gasteiger partial charge < -0.3 is 19.7 Å². The zero-order chi connectivity index (χ0) is 12.8. The number of carbonyl (C=O) groups excluding carboxylic acids is 1. The summed E-state index contributed by atoms with van der Waals surface area (Å²) in [7, 11) is 0. The van der Waals surface area contributed by atoms with Gasteiger partial charge in [-0.15, -0.1) is 0 Å². The molecule has 2 N–H and O–H groups in total. The second kappa shape index (κ2) is 6.21. The van der Waals surface area contributed by atoms with Crippen LogP contribution in [0.4, 0.5) is 4.79 Å². The number of hydrogen-bond acceptors (Lipinski definition) is 5. The highest BCUT2D eigenvalue weighted by molar-refractivity contribution is 7.79. The van der Waals surface area contributed by atoms with E-state index in [-0.39, 0.29) is 23.8 Å². The van der Waals surface area contributed by atoms with Crippen LogP contribution in [-0.4, -0.2) is 26.6 Å². The zero-order valence-corrected chi connectivity index (χ0v) is 9.95. The topological polar surface area (TPSA) is 98.7 Å². The van der Waals surface area contributed by atoms with E-state index in [1.54, 1.807) is 6.92 Å². The Balaban J connectivity index is 2.78. The van der Waals surface area contributed by atoms with Crippen LogP contribution in [-0.2, 0) is 22.4 Å². The number of nitrogens with one attached hydrogen (secondary N) is 1. The van der Waals surface area contributed by atoms with Crippen LogP contribution in [0.3, 0.4) is 0 Å². The summed E-state index contributed by atoms with van der Waals surface area (Å²) in [5.41, 5.74) is 0.298. The molecule has 17 heavy (non-hydrogen) atoms.